The molecular weight excluding hydrogens is 590 g/mol. The van der Waals surface area contributed by atoms with E-state index < -0.39 is 6.03 Å². The van der Waals surface area contributed by atoms with Crippen LogP contribution in [-0.4, -0.2) is 74.1 Å². The van der Waals surface area contributed by atoms with Crippen molar-refractivity contribution in [1.82, 2.24) is 20.2 Å². The maximum Gasteiger partial charge on any atom is 0.323 e. The Balaban J connectivity index is 1.16. The number of nitrogens with zero attached hydrogens (tertiary/aromatic N) is 3. The molecule has 0 atom stereocenters. The predicted molar refractivity (Wildman–Crippen MR) is 169 cm³/mol. The number of anilines is 1. The molecular formula is C31H36ClN5O5S. The average Bonchev–Trinajstić information content (AvgIpc) is 3.51. The van der Waals surface area contributed by atoms with Gasteiger partial charge in [0.2, 0.25) is 5.88 Å². The van der Waals surface area contributed by atoms with E-state index in [2.05, 4.69) is 32.1 Å². The Bertz CT molecular complexity index is 1460. The number of thiophene rings is 1. The number of methoxy groups -OCH3 is 1. The molecule has 1 aromatic carbocycles. The Morgan fingerprint density at radius 2 is 2.07 bits per heavy atom. The zero-order valence-electron chi connectivity index (χ0n) is 24.1. The summed E-state index contributed by atoms with van der Waals surface area (Å²) < 4.78 is 23.1. The standard InChI is InChI=1S/C31H36ClN5O5S/c1-3-5-25(36-30(38)35-22-7-15-43-18-22)24(32)6-14-42-29-23-16-27(39-2)28(17-26(23)33-21-34-29)41-13-4-10-37-11-8-31(9-12-37)19-40-20-31/h3,5-7,15-18,21H,1,4,8-14,19-20H2,2H3,(H2,35,36,38). The number of aromatic nitrogens is 2. The van der Waals surface area contributed by atoms with Crippen LogP contribution in [0.3, 0.4) is 0 Å². The lowest BCUT2D eigenvalue weighted by Crippen LogP contribution is -2.51. The first-order valence-electron chi connectivity index (χ1n) is 14.2. The molecule has 2 fully saturated rings. The van der Waals surface area contributed by atoms with Gasteiger partial charge >= 0.3 is 6.03 Å². The highest BCUT2D eigenvalue weighted by atomic mass is 35.5. The number of benzene rings is 1. The summed E-state index contributed by atoms with van der Waals surface area (Å²) in [5.41, 5.74) is 2.18. The lowest BCUT2D eigenvalue weighted by molar-refractivity contribution is -0.139. The molecule has 4 heterocycles. The molecule has 2 aliphatic rings. The van der Waals surface area contributed by atoms with Crippen LogP contribution in [0.4, 0.5) is 10.5 Å². The summed E-state index contributed by atoms with van der Waals surface area (Å²) in [5, 5.41) is 10.1. The summed E-state index contributed by atoms with van der Waals surface area (Å²) in [4.78, 5) is 23.6. The molecule has 0 saturated carbocycles. The molecule has 43 heavy (non-hydrogen) atoms. The SMILES string of the molecule is C=CC=C(NC(=O)Nc1ccsc1)C(Cl)=CCOc1ncnc2cc(OCCCN3CCC4(CC3)COC4)c(OC)cc12. The molecule has 2 aliphatic heterocycles. The molecule has 0 aliphatic carbocycles. The van der Waals surface area contributed by atoms with E-state index in [1.807, 2.05) is 22.9 Å². The first-order chi connectivity index (χ1) is 21.0. The van der Waals surface area contributed by atoms with Gasteiger partial charge in [0, 0.05) is 23.4 Å². The molecule has 2 amide bonds. The molecule has 3 aromatic rings. The van der Waals surface area contributed by atoms with Crippen LogP contribution < -0.4 is 24.8 Å². The van der Waals surface area contributed by atoms with Gasteiger partial charge in [0.05, 0.1) is 54.3 Å². The van der Waals surface area contributed by atoms with E-state index in [4.69, 9.17) is 30.5 Å². The van der Waals surface area contributed by atoms with Crippen LogP contribution >= 0.6 is 22.9 Å². The Labute approximate surface area is 260 Å². The van der Waals surface area contributed by atoms with Crippen molar-refractivity contribution in [3.63, 3.8) is 0 Å². The predicted octanol–water partition coefficient (Wildman–Crippen LogP) is 5.97. The number of rotatable bonds is 13. The molecule has 5 rings (SSSR count). The minimum absolute atomic E-state index is 0.0957. The number of fused-ring (bicyclic) bond motifs is 1. The quantitative estimate of drug-likeness (QED) is 0.177. The second-order valence-corrected chi connectivity index (χ2v) is 11.7. The highest BCUT2D eigenvalue weighted by Crippen LogP contribution is 2.38. The normalized spacial score (nSPS) is 16.9. The average molecular weight is 626 g/mol. The van der Waals surface area contributed by atoms with E-state index in [9.17, 15) is 4.79 Å². The van der Waals surface area contributed by atoms with Crippen molar-refractivity contribution in [3.8, 4) is 17.4 Å². The fraction of sp³-hybridized carbons (Fsp3) is 0.387. The summed E-state index contributed by atoms with van der Waals surface area (Å²) in [7, 11) is 1.60. The first kappa shape index (κ1) is 30.8. The molecule has 10 nitrogen and oxygen atoms in total. The number of likely N-dealkylation sites (tertiary alicyclic amines) is 1. The number of allylic oxidation sites excluding steroid dienone is 3. The van der Waals surface area contributed by atoms with Gasteiger partial charge in [-0.15, -0.1) is 0 Å². The van der Waals surface area contributed by atoms with Crippen LogP contribution in [0.5, 0.6) is 17.4 Å². The smallest absolute Gasteiger partial charge is 0.323 e. The highest BCUT2D eigenvalue weighted by Gasteiger charge is 2.40. The maximum absolute atomic E-state index is 12.4. The van der Waals surface area contributed by atoms with Crippen LogP contribution in [0.1, 0.15) is 19.3 Å². The topological polar surface area (TPSA) is 107 Å². The molecule has 12 heteroatoms. The largest absolute Gasteiger partial charge is 0.493 e. The maximum atomic E-state index is 12.4. The minimum atomic E-state index is -0.422. The van der Waals surface area contributed by atoms with Crippen LogP contribution in [0.25, 0.3) is 10.9 Å². The molecule has 2 saturated heterocycles. The zero-order valence-corrected chi connectivity index (χ0v) is 25.7. The lowest BCUT2D eigenvalue weighted by atomic mass is 9.77. The van der Waals surface area contributed by atoms with Crippen LogP contribution in [-0.2, 0) is 4.74 Å². The van der Waals surface area contributed by atoms with E-state index in [0.717, 1.165) is 39.3 Å². The first-order valence-corrected chi connectivity index (χ1v) is 15.5. The third kappa shape index (κ3) is 8.05. The number of halogens is 1. The van der Waals surface area contributed by atoms with Crippen molar-refractivity contribution >= 4 is 45.6 Å². The van der Waals surface area contributed by atoms with Crippen LogP contribution in [0.15, 0.2) is 70.8 Å². The lowest BCUT2D eigenvalue weighted by Gasteiger charge is -2.47. The molecule has 0 unspecified atom stereocenters. The fourth-order valence-electron chi connectivity index (χ4n) is 5.05. The van der Waals surface area contributed by atoms with Crippen LogP contribution in [0, 0.1) is 5.41 Å². The van der Waals surface area contributed by atoms with Gasteiger partial charge in [-0.05, 0) is 62.0 Å². The van der Waals surface area contributed by atoms with Gasteiger partial charge in [-0.2, -0.15) is 11.3 Å². The van der Waals surface area contributed by atoms with E-state index >= 15 is 0 Å². The molecule has 228 valence electrons. The summed E-state index contributed by atoms with van der Waals surface area (Å²) in [6, 6.07) is 5.04. The summed E-state index contributed by atoms with van der Waals surface area (Å²) in [5.74, 6) is 1.56. The molecule has 1 spiro atoms. The fourth-order valence-corrected chi connectivity index (χ4v) is 5.81. The number of carbonyl (C=O) groups excluding carboxylic acids is 1. The van der Waals surface area contributed by atoms with Gasteiger partial charge in [-0.3, -0.25) is 0 Å². The summed E-state index contributed by atoms with van der Waals surface area (Å²) >= 11 is 7.97. The van der Waals surface area contributed by atoms with E-state index in [1.54, 1.807) is 25.3 Å². The van der Waals surface area contributed by atoms with E-state index in [1.165, 1.54) is 36.6 Å². The Morgan fingerprint density at radius 1 is 1.23 bits per heavy atom. The number of amides is 2. The number of nitrogens with one attached hydrogen (secondary N) is 2. The summed E-state index contributed by atoms with van der Waals surface area (Å²) in [6.45, 7) is 9.46. The van der Waals surface area contributed by atoms with Gasteiger partial charge < -0.3 is 34.5 Å². The van der Waals surface area contributed by atoms with E-state index in [0.29, 0.717) is 51.7 Å². The third-order valence-corrected chi connectivity index (χ3v) is 8.59. The number of ether oxygens (including phenoxy) is 4. The number of piperidine rings is 1. The third-order valence-electron chi connectivity index (χ3n) is 7.55. The van der Waals surface area contributed by atoms with Gasteiger partial charge in [0.15, 0.2) is 11.5 Å². The van der Waals surface area contributed by atoms with Crippen molar-refractivity contribution in [2.24, 2.45) is 5.41 Å². The Morgan fingerprint density at radius 3 is 2.77 bits per heavy atom. The van der Waals surface area contributed by atoms with Crippen molar-refractivity contribution in [3.05, 3.63) is 70.8 Å². The zero-order chi connectivity index (χ0) is 30.1. The van der Waals surface area contributed by atoms with Crippen LogP contribution in [0.2, 0.25) is 0 Å². The van der Waals surface area contributed by atoms with Gasteiger partial charge in [0.1, 0.15) is 12.9 Å². The van der Waals surface area contributed by atoms with Crippen molar-refractivity contribution < 1.29 is 23.7 Å². The van der Waals surface area contributed by atoms with Crippen molar-refractivity contribution in [2.45, 2.75) is 19.3 Å². The second-order valence-electron chi connectivity index (χ2n) is 10.5. The second kappa shape index (κ2) is 14.7. The molecule has 2 aromatic heterocycles. The van der Waals surface area contributed by atoms with Crippen molar-refractivity contribution in [1.29, 1.82) is 0 Å². The van der Waals surface area contributed by atoms with Crippen molar-refractivity contribution in [2.75, 3.05) is 58.5 Å². The number of hydrogen-bond acceptors (Lipinski definition) is 9. The molecule has 2 N–H and O–H groups in total. The van der Waals surface area contributed by atoms with Gasteiger partial charge in [-0.1, -0.05) is 24.3 Å². The Kier molecular flexibility index (Phi) is 10.5. The minimum Gasteiger partial charge on any atom is -0.493 e. The van der Waals surface area contributed by atoms with Gasteiger partial charge in [0.25, 0.3) is 0 Å². The molecule has 0 bridgehead atoms. The number of carbonyl (C=O) groups is 1. The van der Waals surface area contributed by atoms with E-state index in [-0.39, 0.29) is 11.6 Å². The number of urea groups is 1. The van der Waals surface area contributed by atoms with Gasteiger partial charge in [-0.25, -0.2) is 14.8 Å². The monoisotopic (exact) mass is 625 g/mol. The number of hydrogen-bond donors (Lipinski definition) is 2. The Hall–Kier alpha value is -3.64. The molecule has 0 radical (unpaired) electrons. The highest BCUT2D eigenvalue weighted by molar-refractivity contribution is 7.08. The summed E-state index contributed by atoms with van der Waals surface area (Å²) in [6.07, 6.45) is 9.56.